The summed E-state index contributed by atoms with van der Waals surface area (Å²) in [6.07, 6.45) is 6.24. The lowest BCUT2D eigenvalue weighted by Crippen LogP contribution is -2.11. The van der Waals surface area contributed by atoms with Crippen LogP contribution in [0.25, 0.3) is 0 Å². The van der Waals surface area contributed by atoms with Crippen LogP contribution in [-0.2, 0) is 10.0 Å². The van der Waals surface area contributed by atoms with Gasteiger partial charge in [-0.25, -0.2) is 13.6 Å². The molecular weight excluding hydrogens is 174 g/mol. The highest BCUT2D eigenvalue weighted by Crippen LogP contribution is 2.07. The Morgan fingerprint density at radius 2 is 1.75 bits per heavy atom. The molecule has 0 spiro atoms. The summed E-state index contributed by atoms with van der Waals surface area (Å²) in [5, 5.41) is 4.79. The third-order valence-corrected chi connectivity index (χ3v) is 2.36. The number of unbranched alkanes of at least 4 members (excludes halogenated alkanes) is 5. The zero-order chi connectivity index (χ0) is 9.45. The molecule has 0 aliphatic carbocycles. The van der Waals surface area contributed by atoms with Gasteiger partial charge in [0, 0.05) is 0 Å². The second-order valence-corrected chi connectivity index (χ2v) is 4.47. The molecule has 0 atom stereocenters. The first kappa shape index (κ1) is 11.9. The maximum absolute atomic E-state index is 10.4. The molecule has 3 nitrogen and oxygen atoms in total. The zero-order valence-corrected chi connectivity index (χ0v) is 8.44. The number of hydrogen-bond acceptors (Lipinski definition) is 2. The number of rotatable bonds is 7. The van der Waals surface area contributed by atoms with Crippen molar-refractivity contribution in [3.8, 4) is 0 Å². The van der Waals surface area contributed by atoms with Gasteiger partial charge < -0.3 is 0 Å². The maximum Gasteiger partial charge on any atom is 0.213 e. The Balaban J connectivity index is 3.12. The van der Waals surface area contributed by atoms with Crippen molar-refractivity contribution in [2.45, 2.75) is 45.4 Å². The predicted octanol–water partition coefficient (Wildman–Crippen LogP) is 1.80. The average molecular weight is 192 g/mol. The SMILES string of the molecule is CCCCCCC[CH]S(N)(=O)=O. The highest BCUT2D eigenvalue weighted by Gasteiger charge is 2.01. The van der Waals surface area contributed by atoms with Crippen LogP contribution in [-0.4, -0.2) is 8.42 Å². The Hall–Kier alpha value is -0.0900. The van der Waals surface area contributed by atoms with E-state index in [1.165, 1.54) is 25.0 Å². The van der Waals surface area contributed by atoms with E-state index >= 15 is 0 Å². The third-order valence-electron chi connectivity index (χ3n) is 1.66. The van der Waals surface area contributed by atoms with Crippen LogP contribution < -0.4 is 5.14 Å². The number of hydrogen-bond donors (Lipinski definition) is 1. The summed E-state index contributed by atoms with van der Waals surface area (Å²) in [5.41, 5.74) is 0. The normalized spacial score (nSPS) is 11.8. The Labute approximate surface area is 75.4 Å². The summed E-state index contributed by atoms with van der Waals surface area (Å²) in [6, 6.07) is 0. The van der Waals surface area contributed by atoms with E-state index in [2.05, 4.69) is 6.92 Å². The second-order valence-electron chi connectivity index (χ2n) is 2.96. The first-order chi connectivity index (χ1) is 5.56. The van der Waals surface area contributed by atoms with E-state index in [1.807, 2.05) is 0 Å². The summed E-state index contributed by atoms with van der Waals surface area (Å²) in [7, 11) is -3.34. The van der Waals surface area contributed by atoms with Gasteiger partial charge >= 0.3 is 0 Å². The van der Waals surface area contributed by atoms with Crippen molar-refractivity contribution < 1.29 is 8.42 Å². The van der Waals surface area contributed by atoms with Crippen LogP contribution in [0, 0.1) is 5.75 Å². The van der Waals surface area contributed by atoms with Gasteiger partial charge in [-0.1, -0.05) is 39.0 Å². The number of primary sulfonamides is 1. The van der Waals surface area contributed by atoms with Gasteiger partial charge in [-0.3, -0.25) is 0 Å². The first-order valence-electron chi connectivity index (χ1n) is 4.42. The molecule has 0 saturated heterocycles. The lowest BCUT2D eigenvalue weighted by Gasteiger charge is -1.98. The summed E-state index contributed by atoms with van der Waals surface area (Å²) in [5.74, 6) is 1.19. The molecule has 0 saturated carbocycles. The lowest BCUT2D eigenvalue weighted by molar-refractivity contribution is 0.595. The molecule has 0 aromatic heterocycles. The molecule has 0 bridgehead atoms. The van der Waals surface area contributed by atoms with Gasteiger partial charge in [0.05, 0.1) is 5.75 Å². The van der Waals surface area contributed by atoms with Crippen LogP contribution in [0.3, 0.4) is 0 Å². The Bertz CT molecular complexity index is 187. The largest absolute Gasteiger partial charge is 0.228 e. The molecule has 12 heavy (non-hydrogen) atoms. The van der Waals surface area contributed by atoms with Crippen molar-refractivity contribution in [2.75, 3.05) is 0 Å². The van der Waals surface area contributed by atoms with Gasteiger partial charge in [-0.2, -0.15) is 0 Å². The molecule has 0 amide bonds. The molecule has 0 unspecified atom stereocenters. The van der Waals surface area contributed by atoms with Gasteiger partial charge in [0.25, 0.3) is 0 Å². The maximum atomic E-state index is 10.4. The fraction of sp³-hybridized carbons (Fsp3) is 0.875. The third kappa shape index (κ3) is 9.91. The van der Waals surface area contributed by atoms with Crippen molar-refractivity contribution in [2.24, 2.45) is 5.14 Å². The number of sulfonamides is 1. The first-order valence-corrected chi connectivity index (χ1v) is 6.03. The van der Waals surface area contributed by atoms with E-state index in [9.17, 15) is 8.42 Å². The number of nitrogens with two attached hydrogens (primary N) is 1. The summed E-state index contributed by atoms with van der Waals surface area (Å²) in [6.45, 7) is 2.15. The fourth-order valence-corrected chi connectivity index (χ4v) is 1.49. The Kier molecular flexibility index (Phi) is 6.38. The minimum Gasteiger partial charge on any atom is -0.228 e. The quantitative estimate of drug-likeness (QED) is 0.625. The molecule has 0 aliphatic heterocycles. The van der Waals surface area contributed by atoms with Crippen LogP contribution in [0.15, 0.2) is 0 Å². The minimum absolute atomic E-state index is 0.586. The molecule has 0 aromatic rings. The molecule has 73 valence electrons. The molecule has 0 heterocycles. The van der Waals surface area contributed by atoms with Gasteiger partial charge in [-0.15, -0.1) is 0 Å². The molecule has 1 radical (unpaired) electrons. The smallest absolute Gasteiger partial charge is 0.213 e. The van der Waals surface area contributed by atoms with Crippen molar-refractivity contribution in [1.82, 2.24) is 0 Å². The Morgan fingerprint density at radius 3 is 2.25 bits per heavy atom. The van der Waals surface area contributed by atoms with Crippen molar-refractivity contribution in [3.05, 3.63) is 5.75 Å². The summed E-state index contributed by atoms with van der Waals surface area (Å²) >= 11 is 0. The van der Waals surface area contributed by atoms with E-state index < -0.39 is 10.0 Å². The van der Waals surface area contributed by atoms with Crippen LogP contribution in [0.4, 0.5) is 0 Å². The van der Waals surface area contributed by atoms with Crippen molar-refractivity contribution in [1.29, 1.82) is 0 Å². The standard InChI is InChI=1S/C8H18NO2S/c1-2-3-4-5-6-7-8-12(9,10)11/h8H,2-7H2,1H3,(H2,9,10,11). The molecule has 0 rings (SSSR count). The zero-order valence-electron chi connectivity index (χ0n) is 7.62. The van der Waals surface area contributed by atoms with E-state index in [-0.39, 0.29) is 0 Å². The van der Waals surface area contributed by atoms with Crippen LogP contribution >= 0.6 is 0 Å². The molecule has 0 aromatic carbocycles. The van der Waals surface area contributed by atoms with Crippen LogP contribution in [0.5, 0.6) is 0 Å². The van der Waals surface area contributed by atoms with Crippen LogP contribution in [0.1, 0.15) is 45.4 Å². The topological polar surface area (TPSA) is 60.2 Å². The fourth-order valence-electron chi connectivity index (χ4n) is 0.995. The van der Waals surface area contributed by atoms with Gasteiger partial charge in [0.15, 0.2) is 0 Å². The van der Waals surface area contributed by atoms with E-state index in [1.54, 1.807) is 0 Å². The molecule has 4 heteroatoms. The highest BCUT2D eigenvalue weighted by atomic mass is 32.2. The van der Waals surface area contributed by atoms with Gasteiger partial charge in [-0.05, 0) is 6.42 Å². The molecule has 2 N–H and O–H groups in total. The molecule has 0 fully saturated rings. The highest BCUT2D eigenvalue weighted by molar-refractivity contribution is 7.91. The van der Waals surface area contributed by atoms with Gasteiger partial charge in [0.1, 0.15) is 0 Å². The van der Waals surface area contributed by atoms with E-state index in [4.69, 9.17) is 5.14 Å². The molecule has 0 aliphatic rings. The van der Waals surface area contributed by atoms with E-state index in [0.29, 0.717) is 6.42 Å². The van der Waals surface area contributed by atoms with E-state index in [0.717, 1.165) is 12.8 Å². The van der Waals surface area contributed by atoms with Crippen molar-refractivity contribution in [3.63, 3.8) is 0 Å². The molecular formula is C8H18NO2S. The van der Waals surface area contributed by atoms with Crippen molar-refractivity contribution >= 4 is 10.0 Å². The average Bonchev–Trinajstić information content (AvgIpc) is 1.94. The minimum atomic E-state index is -3.34. The monoisotopic (exact) mass is 192 g/mol. The van der Waals surface area contributed by atoms with Gasteiger partial charge in [0.2, 0.25) is 10.0 Å². The summed E-state index contributed by atoms with van der Waals surface area (Å²) in [4.78, 5) is 0. The predicted molar refractivity (Wildman–Crippen MR) is 50.8 cm³/mol. The Morgan fingerprint density at radius 1 is 1.17 bits per heavy atom. The summed E-state index contributed by atoms with van der Waals surface area (Å²) < 4.78 is 20.9. The second kappa shape index (κ2) is 6.43. The lowest BCUT2D eigenvalue weighted by atomic mass is 10.1. The van der Waals surface area contributed by atoms with Crippen LogP contribution in [0.2, 0.25) is 0 Å².